The van der Waals surface area contributed by atoms with Gasteiger partial charge in [-0.15, -0.1) is 0 Å². The highest BCUT2D eigenvalue weighted by Crippen LogP contribution is 2.37. The van der Waals surface area contributed by atoms with Gasteiger partial charge in [-0.3, -0.25) is 4.79 Å². The van der Waals surface area contributed by atoms with Crippen molar-refractivity contribution in [3.63, 3.8) is 0 Å². The van der Waals surface area contributed by atoms with Crippen LogP contribution < -0.4 is 15.4 Å². The third-order valence-corrected chi connectivity index (χ3v) is 3.05. The van der Waals surface area contributed by atoms with E-state index in [-0.39, 0.29) is 11.5 Å². The van der Waals surface area contributed by atoms with E-state index in [1.54, 1.807) is 11.8 Å². The first kappa shape index (κ1) is 12.9. The Kier molecular flexibility index (Phi) is 3.30. The van der Waals surface area contributed by atoms with Crippen LogP contribution in [-0.4, -0.2) is 24.6 Å². The van der Waals surface area contributed by atoms with Crippen LogP contribution in [-0.2, 0) is 11.2 Å². The van der Waals surface area contributed by atoms with Gasteiger partial charge in [-0.2, -0.15) is 0 Å². The Balaban J connectivity index is 2.43. The minimum atomic E-state index is -0.353. The van der Waals surface area contributed by atoms with Crippen LogP contribution in [0, 0.1) is 0 Å². The quantitative estimate of drug-likeness (QED) is 0.867. The normalized spacial score (nSPS) is 17.0. The summed E-state index contributed by atoms with van der Waals surface area (Å²) in [5.74, 6) is 0.805. The molecule has 0 saturated carbocycles. The summed E-state index contributed by atoms with van der Waals surface area (Å²) in [6, 6.07) is 5.93. The Bertz CT molecular complexity index is 469. The molecule has 2 rings (SSSR count). The van der Waals surface area contributed by atoms with Crippen LogP contribution in [0.15, 0.2) is 18.2 Å². The number of fused-ring (bicyclic) bond motifs is 1. The summed E-state index contributed by atoms with van der Waals surface area (Å²) in [6.07, 6.45) is 0.808. The monoisotopic (exact) mass is 248 g/mol. The summed E-state index contributed by atoms with van der Waals surface area (Å²) >= 11 is 0. The molecule has 0 radical (unpaired) electrons. The van der Waals surface area contributed by atoms with Crippen molar-refractivity contribution in [3.05, 3.63) is 23.8 Å². The lowest BCUT2D eigenvalue weighted by atomic mass is 10.0. The molecule has 4 nitrogen and oxygen atoms in total. The van der Waals surface area contributed by atoms with Crippen molar-refractivity contribution < 1.29 is 9.53 Å². The van der Waals surface area contributed by atoms with Crippen molar-refractivity contribution in [2.24, 2.45) is 5.73 Å². The van der Waals surface area contributed by atoms with Crippen molar-refractivity contribution >= 4 is 11.6 Å². The largest absolute Gasteiger partial charge is 0.484 e. The molecule has 0 bridgehead atoms. The fourth-order valence-corrected chi connectivity index (χ4v) is 2.26. The lowest BCUT2D eigenvalue weighted by molar-refractivity contribution is -0.117. The highest BCUT2D eigenvalue weighted by atomic mass is 16.5. The molecular formula is C14H20N2O2. The average molecular weight is 248 g/mol. The molecule has 0 atom stereocenters. The SMILES string of the molecule is CC(=O)N1CC(C)(C)Oc2ccc(CCN)cc21. The molecule has 4 heteroatoms. The first-order chi connectivity index (χ1) is 8.43. The van der Waals surface area contributed by atoms with E-state index in [9.17, 15) is 4.79 Å². The zero-order valence-corrected chi connectivity index (χ0v) is 11.2. The molecule has 1 amide bonds. The summed E-state index contributed by atoms with van der Waals surface area (Å²) in [5.41, 5.74) is 7.19. The van der Waals surface area contributed by atoms with Crippen LogP contribution in [0.4, 0.5) is 5.69 Å². The molecule has 1 heterocycles. The number of ether oxygens (including phenoxy) is 1. The Hall–Kier alpha value is -1.55. The number of nitrogens with two attached hydrogens (primary N) is 1. The minimum absolute atomic E-state index is 0.0394. The molecule has 18 heavy (non-hydrogen) atoms. The molecular weight excluding hydrogens is 228 g/mol. The summed E-state index contributed by atoms with van der Waals surface area (Å²) in [4.78, 5) is 13.5. The summed E-state index contributed by atoms with van der Waals surface area (Å²) < 4.78 is 5.91. The van der Waals surface area contributed by atoms with Gasteiger partial charge in [0.15, 0.2) is 0 Å². The molecule has 0 aromatic heterocycles. The van der Waals surface area contributed by atoms with E-state index in [2.05, 4.69) is 0 Å². The average Bonchev–Trinajstić information content (AvgIpc) is 2.28. The van der Waals surface area contributed by atoms with Gasteiger partial charge in [0.25, 0.3) is 0 Å². The zero-order valence-electron chi connectivity index (χ0n) is 11.2. The summed E-state index contributed by atoms with van der Waals surface area (Å²) in [7, 11) is 0. The van der Waals surface area contributed by atoms with Crippen LogP contribution in [0.2, 0.25) is 0 Å². The molecule has 2 N–H and O–H groups in total. The van der Waals surface area contributed by atoms with Crippen LogP contribution in [0.1, 0.15) is 26.3 Å². The van der Waals surface area contributed by atoms with E-state index >= 15 is 0 Å². The van der Waals surface area contributed by atoms with Crippen molar-refractivity contribution in [1.82, 2.24) is 0 Å². The van der Waals surface area contributed by atoms with Gasteiger partial charge in [0, 0.05) is 6.92 Å². The molecule has 0 spiro atoms. The molecule has 1 aromatic carbocycles. The molecule has 1 aliphatic heterocycles. The standard InChI is InChI=1S/C14H20N2O2/c1-10(17)16-9-14(2,3)18-13-5-4-11(6-7-15)8-12(13)16/h4-5,8H,6-7,9,15H2,1-3H3. The number of carbonyl (C=O) groups excluding carboxylic acids is 1. The van der Waals surface area contributed by atoms with Crippen molar-refractivity contribution in [2.75, 3.05) is 18.0 Å². The van der Waals surface area contributed by atoms with E-state index in [1.807, 2.05) is 32.0 Å². The van der Waals surface area contributed by atoms with Crippen LogP contribution in [0.3, 0.4) is 0 Å². The predicted octanol–water partition coefficient (Wildman–Crippen LogP) is 1.71. The van der Waals surface area contributed by atoms with Gasteiger partial charge in [0.1, 0.15) is 11.4 Å². The fourth-order valence-electron chi connectivity index (χ4n) is 2.26. The molecule has 0 aliphatic carbocycles. The van der Waals surface area contributed by atoms with E-state index in [0.717, 1.165) is 23.4 Å². The van der Waals surface area contributed by atoms with E-state index in [1.165, 1.54) is 0 Å². The van der Waals surface area contributed by atoms with Gasteiger partial charge in [-0.1, -0.05) is 6.07 Å². The number of nitrogens with zero attached hydrogens (tertiary/aromatic N) is 1. The number of hydrogen-bond donors (Lipinski definition) is 1. The second kappa shape index (κ2) is 4.61. The zero-order chi connectivity index (χ0) is 13.3. The number of hydrogen-bond acceptors (Lipinski definition) is 3. The molecule has 1 aliphatic rings. The minimum Gasteiger partial charge on any atom is -0.484 e. The number of rotatable bonds is 2. The summed E-state index contributed by atoms with van der Waals surface area (Å²) in [5, 5.41) is 0. The van der Waals surface area contributed by atoms with E-state index in [0.29, 0.717) is 13.1 Å². The van der Waals surface area contributed by atoms with Gasteiger partial charge in [-0.25, -0.2) is 0 Å². The summed E-state index contributed by atoms with van der Waals surface area (Å²) in [6.45, 7) is 6.73. The maximum absolute atomic E-state index is 11.8. The first-order valence-corrected chi connectivity index (χ1v) is 6.23. The lowest BCUT2D eigenvalue weighted by Crippen LogP contribution is -2.48. The van der Waals surface area contributed by atoms with Crippen molar-refractivity contribution in [3.8, 4) is 5.75 Å². The second-order valence-electron chi connectivity index (χ2n) is 5.31. The van der Waals surface area contributed by atoms with Gasteiger partial charge in [-0.05, 0) is 44.5 Å². The van der Waals surface area contributed by atoms with Crippen LogP contribution >= 0.6 is 0 Å². The maximum atomic E-state index is 11.8. The topological polar surface area (TPSA) is 55.6 Å². The van der Waals surface area contributed by atoms with Crippen molar-refractivity contribution in [2.45, 2.75) is 32.8 Å². The van der Waals surface area contributed by atoms with Gasteiger partial charge >= 0.3 is 0 Å². The fraction of sp³-hybridized carbons (Fsp3) is 0.500. The molecule has 1 aromatic rings. The Morgan fingerprint density at radius 1 is 1.50 bits per heavy atom. The Labute approximate surface area is 108 Å². The third kappa shape index (κ3) is 2.48. The van der Waals surface area contributed by atoms with Gasteiger partial charge < -0.3 is 15.4 Å². The smallest absolute Gasteiger partial charge is 0.224 e. The maximum Gasteiger partial charge on any atom is 0.224 e. The van der Waals surface area contributed by atoms with Gasteiger partial charge in [0.05, 0.1) is 12.2 Å². The number of benzene rings is 1. The predicted molar refractivity (Wildman–Crippen MR) is 71.9 cm³/mol. The van der Waals surface area contributed by atoms with Gasteiger partial charge in [0.2, 0.25) is 5.91 Å². The molecule has 98 valence electrons. The van der Waals surface area contributed by atoms with E-state index in [4.69, 9.17) is 10.5 Å². The second-order valence-corrected chi connectivity index (χ2v) is 5.31. The third-order valence-electron chi connectivity index (χ3n) is 3.05. The molecule has 0 saturated heterocycles. The first-order valence-electron chi connectivity index (χ1n) is 6.23. The number of carbonyl (C=O) groups is 1. The van der Waals surface area contributed by atoms with E-state index < -0.39 is 0 Å². The number of anilines is 1. The van der Waals surface area contributed by atoms with Crippen molar-refractivity contribution in [1.29, 1.82) is 0 Å². The lowest BCUT2D eigenvalue weighted by Gasteiger charge is -2.39. The molecule has 0 fully saturated rings. The molecule has 0 unspecified atom stereocenters. The highest BCUT2D eigenvalue weighted by molar-refractivity contribution is 5.94. The Morgan fingerprint density at radius 3 is 2.83 bits per heavy atom. The Morgan fingerprint density at radius 2 is 2.22 bits per heavy atom. The van der Waals surface area contributed by atoms with Crippen LogP contribution in [0.5, 0.6) is 5.75 Å². The van der Waals surface area contributed by atoms with Crippen LogP contribution in [0.25, 0.3) is 0 Å². The number of amides is 1. The highest BCUT2D eigenvalue weighted by Gasteiger charge is 2.33.